The van der Waals surface area contributed by atoms with E-state index < -0.39 is 10.1 Å². The lowest BCUT2D eigenvalue weighted by atomic mass is 10.1. The lowest BCUT2D eigenvalue weighted by molar-refractivity contribution is -0.0393. The van der Waals surface area contributed by atoms with Crippen LogP contribution in [0.25, 0.3) is 0 Å². The van der Waals surface area contributed by atoms with Crippen LogP contribution in [0.15, 0.2) is 12.3 Å². The highest BCUT2D eigenvalue weighted by Gasteiger charge is 2.34. The third-order valence-electron chi connectivity index (χ3n) is 4.21. The fourth-order valence-electron chi connectivity index (χ4n) is 3.06. The molecule has 2 aliphatic heterocycles. The van der Waals surface area contributed by atoms with Gasteiger partial charge in [-0.1, -0.05) is 6.92 Å². The number of hydrogen-bond donors (Lipinski definition) is 0. The maximum absolute atomic E-state index is 11.3. The summed E-state index contributed by atoms with van der Waals surface area (Å²) in [6.45, 7) is 4.06. The van der Waals surface area contributed by atoms with Gasteiger partial charge in [0.25, 0.3) is 10.1 Å². The van der Waals surface area contributed by atoms with Crippen molar-refractivity contribution >= 4 is 15.9 Å². The Labute approximate surface area is 131 Å². The largest absolute Gasteiger partial charge is 0.357 e. The molecule has 2 aliphatic rings. The standard InChI is InChI=1S/C14H23N3O4S/c1-11-9-16(10-12(11)21-22(2,18)19)13-6-7-17(15-13)14-5-3-4-8-20-14/h6-7,11-12,14H,3-5,8-10H2,1-2H3. The molecule has 3 atom stereocenters. The maximum Gasteiger partial charge on any atom is 0.264 e. The predicted molar refractivity (Wildman–Crippen MR) is 82.2 cm³/mol. The Hall–Kier alpha value is -1.12. The number of nitrogens with zero attached hydrogens (tertiary/aromatic N) is 3. The highest BCUT2D eigenvalue weighted by molar-refractivity contribution is 7.86. The molecule has 3 unspecified atom stereocenters. The fourth-order valence-corrected chi connectivity index (χ4v) is 3.76. The van der Waals surface area contributed by atoms with Crippen LogP contribution < -0.4 is 4.90 Å². The number of ether oxygens (including phenoxy) is 1. The first-order valence-electron chi connectivity index (χ1n) is 7.72. The first-order valence-corrected chi connectivity index (χ1v) is 9.54. The molecule has 0 bridgehead atoms. The van der Waals surface area contributed by atoms with Gasteiger partial charge >= 0.3 is 0 Å². The van der Waals surface area contributed by atoms with E-state index in [9.17, 15) is 8.42 Å². The lowest BCUT2D eigenvalue weighted by Gasteiger charge is -2.23. The molecule has 1 aromatic heterocycles. The van der Waals surface area contributed by atoms with E-state index in [0.29, 0.717) is 6.54 Å². The van der Waals surface area contributed by atoms with Crippen LogP contribution in [-0.2, 0) is 19.0 Å². The van der Waals surface area contributed by atoms with Crippen molar-refractivity contribution in [2.24, 2.45) is 5.92 Å². The van der Waals surface area contributed by atoms with E-state index in [0.717, 1.165) is 44.5 Å². The quantitative estimate of drug-likeness (QED) is 0.777. The monoisotopic (exact) mass is 329 g/mol. The van der Waals surface area contributed by atoms with E-state index in [4.69, 9.17) is 8.92 Å². The predicted octanol–water partition coefficient (Wildman–Crippen LogP) is 1.38. The van der Waals surface area contributed by atoms with E-state index >= 15 is 0 Å². The molecule has 0 saturated carbocycles. The van der Waals surface area contributed by atoms with Crippen molar-refractivity contribution in [3.8, 4) is 0 Å². The zero-order valence-corrected chi connectivity index (χ0v) is 13.8. The van der Waals surface area contributed by atoms with Crippen LogP contribution in [0.5, 0.6) is 0 Å². The van der Waals surface area contributed by atoms with Gasteiger partial charge in [-0.3, -0.25) is 4.18 Å². The van der Waals surface area contributed by atoms with Crippen LogP contribution in [0.2, 0.25) is 0 Å². The van der Waals surface area contributed by atoms with Crippen molar-refractivity contribution in [2.75, 3.05) is 30.9 Å². The molecule has 7 nitrogen and oxygen atoms in total. The Balaban J connectivity index is 1.66. The van der Waals surface area contributed by atoms with Gasteiger partial charge in [-0.05, 0) is 19.3 Å². The molecule has 0 amide bonds. The molecule has 0 N–H and O–H groups in total. The SMILES string of the molecule is CC1CN(c2ccn(C3CCCCO3)n2)CC1OS(C)(=O)=O. The van der Waals surface area contributed by atoms with E-state index in [2.05, 4.69) is 10.00 Å². The minimum Gasteiger partial charge on any atom is -0.357 e. The molecule has 0 radical (unpaired) electrons. The summed E-state index contributed by atoms with van der Waals surface area (Å²) < 4.78 is 35.4. The molecule has 0 aromatic carbocycles. The van der Waals surface area contributed by atoms with Crippen LogP contribution >= 0.6 is 0 Å². The summed E-state index contributed by atoms with van der Waals surface area (Å²) in [7, 11) is -3.43. The van der Waals surface area contributed by atoms with Crippen LogP contribution in [0, 0.1) is 5.92 Å². The van der Waals surface area contributed by atoms with Gasteiger partial charge in [0, 0.05) is 37.9 Å². The first-order chi connectivity index (χ1) is 10.4. The second-order valence-electron chi connectivity index (χ2n) is 6.20. The molecule has 22 heavy (non-hydrogen) atoms. The average molecular weight is 329 g/mol. The molecule has 2 fully saturated rings. The first kappa shape index (κ1) is 15.8. The van der Waals surface area contributed by atoms with E-state index in [1.165, 1.54) is 0 Å². The summed E-state index contributed by atoms with van der Waals surface area (Å²) in [4.78, 5) is 2.07. The normalized spacial score (nSPS) is 29.9. The zero-order valence-electron chi connectivity index (χ0n) is 13.0. The molecule has 0 spiro atoms. The van der Waals surface area contributed by atoms with E-state index in [-0.39, 0.29) is 18.2 Å². The third-order valence-corrected chi connectivity index (χ3v) is 4.81. The molecular formula is C14H23N3O4S. The minimum atomic E-state index is -3.43. The second-order valence-corrected chi connectivity index (χ2v) is 7.80. The smallest absolute Gasteiger partial charge is 0.264 e. The summed E-state index contributed by atoms with van der Waals surface area (Å²) in [5, 5.41) is 4.59. The van der Waals surface area contributed by atoms with Crippen LogP contribution in [0.1, 0.15) is 32.4 Å². The lowest BCUT2D eigenvalue weighted by Crippen LogP contribution is -2.26. The number of anilines is 1. The fraction of sp³-hybridized carbons (Fsp3) is 0.786. The van der Waals surface area contributed by atoms with Crippen LogP contribution in [-0.4, -0.2) is 50.3 Å². The van der Waals surface area contributed by atoms with E-state index in [1.807, 2.05) is 23.9 Å². The molecule has 8 heteroatoms. The molecule has 124 valence electrons. The topological polar surface area (TPSA) is 73.7 Å². The molecule has 1 aromatic rings. The van der Waals surface area contributed by atoms with Gasteiger partial charge < -0.3 is 9.64 Å². The average Bonchev–Trinajstić information content (AvgIpc) is 3.06. The Morgan fingerprint density at radius 3 is 2.86 bits per heavy atom. The summed E-state index contributed by atoms with van der Waals surface area (Å²) >= 11 is 0. The summed E-state index contributed by atoms with van der Waals surface area (Å²) in [6, 6.07) is 1.95. The van der Waals surface area contributed by atoms with Crippen molar-refractivity contribution in [3.05, 3.63) is 12.3 Å². The van der Waals surface area contributed by atoms with Crippen LogP contribution in [0.3, 0.4) is 0 Å². The van der Waals surface area contributed by atoms with Crippen molar-refractivity contribution in [3.63, 3.8) is 0 Å². The molecule has 2 saturated heterocycles. The summed E-state index contributed by atoms with van der Waals surface area (Å²) in [6.07, 6.45) is 5.98. The Kier molecular flexibility index (Phi) is 4.42. The third kappa shape index (κ3) is 3.61. The summed E-state index contributed by atoms with van der Waals surface area (Å²) in [5.74, 6) is 0.992. The van der Waals surface area contributed by atoms with Gasteiger partial charge in [-0.15, -0.1) is 0 Å². The Morgan fingerprint density at radius 2 is 2.18 bits per heavy atom. The second kappa shape index (κ2) is 6.17. The molecule has 3 rings (SSSR count). The van der Waals surface area contributed by atoms with Crippen molar-refractivity contribution < 1.29 is 17.3 Å². The van der Waals surface area contributed by atoms with E-state index in [1.54, 1.807) is 0 Å². The number of hydrogen-bond acceptors (Lipinski definition) is 6. The van der Waals surface area contributed by atoms with Gasteiger partial charge in [-0.2, -0.15) is 13.5 Å². The summed E-state index contributed by atoms with van der Waals surface area (Å²) in [5.41, 5.74) is 0. The highest BCUT2D eigenvalue weighted by Crippen LogP contribution is 2.27. The van der Waals surface area contributed by atoms with Crippen LogP contribution in [0.4, 0.5) is 5.82 Å². The minimum absolute atomic E-state index is 0.0191. The number of aromatic nitrogens is 2. The van der Waals surface area contributed by atoms with Crippen molar-refractivity contribution in [2.45, 2.75) is 38.5 Å². The van der Waals surface area contributed by atoms with Crippen molar-refractivity contribution in [1.82, 2.24) is 9.78 Å². The van der Waals surface area contributed by atoms with Gasteiger partial charge in [0.05, 0.1) is 12.4 Å². The van der Waals surface area contributed by atoms with Gasteiger partial charge in [0.15, 0.2) is 5.82 Å². The zero-order chi connectivity index (χ0) is 15.7. The molecule has 0 aliphatic carbocycles. The molecule has 3 heterocycles. The van der Waals surface area contributed by atoms with Gasteiger partial charge in [0.2, 0.25) is 0 Å². The highest BCUT2D eigenvalue weighted by atomic mass is 32.2. The molecular weight excluding hydrogens is 306 g/mol. The van der Waals surface area contributed by atoms with Gasteiger partial charge in [-0.25, -0.2) is 4.68 Å². The van der Waals surface area contributed by atoms with Crippen molar-refractivity contribution in [1.29, 1.82) is 0 Å². The Bertz CT molecular complexity index is 609. The Morgan fingerprint density at radius 1 is 1.36 bits per heavy atom. The maximum atomic E-state index is 11.3. The van der Waals surface area contributed by atoms with Gasteiger partial charge in [0.1, 0.15) is 6.23 Å². The number of rotatable bonds is 4.